The van der Waals surface area contributed by atoms with Crippen LogP contribution in [0.1, 0.15) is 36.6 Å². The molecule has 142 valence electrons. The van der Waals surface area contributed by atoms with Crippen molar-refractivity contribution in [3.8, 4) is 0 Å². The lowest BCUT2D eigenvalue weighted by Crippen LogP contribution is -2.32. The van der Waals surface area contributed by atoms with Crippen LogP contribution in [0, 0.1) is 0 Å². The highest BCUT2D eigenvalue weighted by Crippen LogP contribution is 2.18. The summed E-state index contributed by atoms with van der Waals surface area (Å²) in [5.41, 5.74) is 3.45. The van der Waals surface area contributed by atoms with E-state index >= 15 is 0 Å². The van der Waals surface area contributed by atoms with Gasteiger partial charge in [-0.3, -0.25) is 19.5 Å². The molecule has 6 heteroatoms. The maximum absolute atomic E-state index is 12.6. The van der Waals surface area contributed by atoms with Crippen molar-refractivity contribution in [1.82, 2.24) is 19.6 Å². The van der Waals surface area contributed by atoms with Gasteiger partial charge < -0.3 is 4.90 Å². The summed E-state index contributed by atoms with van der Waals surface area (Å²) in [6.07, 6.45) is 3.22. The summed E-state index contributed by atoms with van der Waals surface area (Å²) in [7, 11) is 2.12. The second kappa shape index (κ2) is 8.89. The fourth-order valence-corrected chi connectivity index (χ4v) is 3.61. The smallest absolute Gasteiger partial charge is 0.270 e. The van der Waals surface area contributed by atoms with E-state index in [0.29, 0.717) is 0 Å². The molecule has 1 N–H and O–H groups in total. The molecule has 0 fully saturated rings. The number of unbranched alkanes of at least 4 members (excludes halogenated alkanes) is 1. The second-order valence-electron chi connectivity index (χ2n) is 7.27. The van der Waals surface area contributed by atoms with Crippen molar-refractivity contribution < 1.29 is 0 Å². The average molecular weight is 377 g/mol. The molecule has 0 unspecified atom stereocenters. The Morgan fingerprint density at radius 3 is 2.73 bits per heavy atom. The molecule has 2 heterocycles. The standard InChI is InChI=1S/C20H29ClN4O/c1-3-4-10-23(2)12-13-25-20(26)18-9-11-24(15-19(18)22-25)14-16-5-7-17(21)8-6-16/h5-8,22H,3-4,9-15H2,1-2H3. The number of rotatable bonds is 8. The number of aromatic nitrogens is 2. The third kappa shape index (κ3) is 4.78. The first kappa shape index (κ1) is 19.2. The molecule has 1 aliphatic heterocycles. The first-order chi connectivity index (χ1) is 12.6. The van der Waals surface area contributed by atoms with Crippen LogP contribution in [-0.2, 0) is 26.1 Å². The van der Waals surface area contributed by atoms with Gasteiger partial charge in [0.05, 0.1) is 12.2 Å². The van der Waals surface area contributed by atoms with Gasteiger partial charge in [-0.05, 0) is 44.1 Å². The molecule has 0 atom stereocenters. The SMILES string of the molecule is CCCCN(C)CCn1[nH]c2c(c1=O)CCN(Cc1ccc(Cl)cc1)C2. The van der Waals surface area contributed by atoms with Gasteiger partial charge in [-0.25, -0.2) is 0 Å². The Hall–Kier alpha value is -1.56. The minimum Gasteiger partial charge on any atom is -0.305 e. The van der Waals surface area contributed by atoms with Crippen molar-refractivity contribution in [2.45, 2.75) is 45.8 Å². The first-order valence-corrected chi connectivity index (χ1v) is 9.90. The van der Waals surface area contributed by atoms with E-state index in [0.717, 1.165) is 62.0 Å². The number of fused-ring (bicyclic) bond motifs is 1. The van der Waals surface area contributed by atoms with Gasteiger partial charge >= 0.3 is 0 Å². The third-order valence-electron chi connectivity index (χ3n) is 5.12. The lowest BCUT2D eigenvalue weighted by Gasteiger charge is -2.25. The van der Waals surface area contributed by atoms with Crippen LogP contribution in [0.5, 0.6) is 0 Å². The second-order valence-corrected chi connectivity index (χ2v) is 7.71. The van der Waals surface area contributed by atoms with Crippen molar-refractivity contribution in [2.75, 3.05) is 26.7 Å². The lowest BCUT2D eigenvalue weighted by molar-refractivity contribution is 0.241. The van der Waals surface area contributed by atoms with Gasteiger partial charge in [0.25, 0.3) is 5.56 Å². The van der Waals surface area contributed by atoms with E-state index in [4.69, 9.17) is 11.6 Å². The highest BCUT2D eigenvalue weighted by molar-refractivity contribution is 6.30. The van der Waals surface area contributed by atoms with E-state index in [1.807, 2.05) is 12.1 Å². The zero-order valence-corrected chi connectivity index (χ0v) is 16.6. The van der Waals surface area contributed by atoms with Gasteiger partial charge in [-0.1, -0.05) is 37.1 Å². The van der Waals surface area contributed by atoms with Crippen molar-refractivity contribution in [1.29, 1.82) is 0 Å². The Kier molecular flexibility index (Phi) is 6.57. The normalized spacial score (nSPS) is 14.8. The molecule has 26 heavy (non-hydrogen) atoms. The quantitative estimate of drug-likeness (QED) is 0.769. The molecule has 0 radical (unpaired) electrons. The van der Waals surface area contributed by atoms with E-state index in [1.54, 1.807) is 4.68 Å². The number of aromatic amines is 1. The van der Waals surface area contributed by atoms with Crippen molar-refractivity contribution >= 4 is 11.6 Å². The molecular formula is C20H29ClN4O. The molecule has 0 saturated heterocycles. The Labute approximate surface area is 160 Å². The highest BCUT2D eigenvalue weighted by Gasteiger charge is 2.22. The fraction of sp³-hybridized carbons (Fsp3) is 0.550. The number of likely N-dealkylation sites (N-methyl/N-ethyl adjacent to an activating group) is 1. The Morgan fingerprint density at radius 1 is 1.23 bits per heavy atom. The van der Waals surface area contributed by atoms with Gasteiger partial charge in [0, 0.05) is 36.8 Å². The minimum absolute atomic E-state index is 0.162. The van der Waals surface area contributed by atoms with Crippen LogP contribution in [-0.4, -0.2) is 46.3 Å². The maximum atomic E-state index is 12.6. The van der Waals surface area contributed by atoms with Gasteiger partial charge in [0.1, 0.15) is 0 Å². The van der Waals surface area contributed by atoms with Crippen LogP contribution in [0.4, 0.5) is 0 Å². The number of benzene rings is 1. The van der Waals surface area contributed by atoms with Crippen LogP contribution in [0.25, 0.3) is 0 Å². The van der Waals surface area contributed by atoms with Crippen molar-refractivity contribution in [3.05, 3.63) is 56.5 Å². The summed E-state index contributed by atoms with van der Waals surface area (Å²) >= 11 is 5.96. The molecule has 5 nitrogen and oxygen atoms in total. The Balaban J connectivity index is 1.60. The third-order valence-corrected chi connectivity index (χ3v) is 5.37. The molecule has 0 saturated carbocycles. The largest absolute Gasteiger partial charge is 0.305 e. The maximum Gasteiger partial charge on any atom is 0.270 e. The molecule has 2 aromatic rings. The number of hydrogen-bond donors (Lipinski definition) is 1. The van der Waals surface area contributed by atoms with E-state index in [2.05, 4.69) is 41.0 Å². The molecule has 0 bridgehead atoms. The number of halogens is 1. The zero-order valence-electron chi connectivity index (χ0n) is 15.8. The summed E-state index contributed by atoms with van der Waals surface area (Å²) in [4.78, 5) is 17.3. The van der Waals surface area contributed by atoms with Crippen molar-refractivity contribution in [2.24, 2.45) is 0 Å². The van der Waals surface area contributed by atoms with Crippen LogP contribution in [0.3, 0.4) is 0 Å². The molecule has 0 spiro atoms. The van der Waals surface area contributed by atoms with Gasteiger partial charge in [0.2, 0.25) is 0 Å². The summed E-state index contributed by atoms with van der Waals surface area (Å²) in [5, 5.41) is 4.12. The number of nitrogens with one attached hydrogen (secondary N) is 1. The van der Waals surface area contributed by atoms with Gasteiger partial charge in [-0.15, -0.1) is 0 Å². The van der Waals surface area contributed by atoms with E-state index in [9.17, 15) is 4.79 Å². The van der Waals surface area contributed by atoms with Crippen LogP contribution in [0.15, 0.2) is 29.1 Å². The Bertz CT molecular complexity index is 765. The number of hydrogen-bond acceptors (Lipinski definition) is 3. The van der Waals surface area contributed by atoms with E-state index in [1.165, 1.54) is 18.4 Å². The summed E-state index contributed by atoms with van der Waals surface area (Å²) in [5.74, 6) is 0. The van der Waals surface area contributed by atoms with Crippen LogP contribution >= 0.6 is 11.6 Å². The predicted molar refractivity (Wildman–Crippen MR) is 107 cm³/mol. The number of H-pyrrole nitrogens is 1. The number of nitrogens with zero attached hydrogens (tertiary/aromatic N) is 3. The average Bonchev–Trinajstić information content (AvgIpc) is 2.95. The summed E-state index contributed by atoms with van der Waals surface area (Å²) in [6.45, 7) is 7.50. The van der Waals surface area contributed by atoms with Crippen LogP contribution < -0.4 is 5.56 Å². The van der Waals surface area contributed by atoms with E-state index < -0.39 is 0 Å². The Morgan fingerprint density at radius 2 is 2.00 bits per heavy atom. The summed E-state index contributed by atoms with van der Waals surface area (Å²) < 4.78 is 1.79. The van der Waals surface area contributed by atoms with Gasteiger partial charge in [0.15, 0.2) is 0 Å². The van der Waals surface area contributed by atoms with Crippen molar-refractivity contribution in [3.63, 3.8) is 0 Å². The molecule has 1 aliphatic rings. The predicted octanol–water partition coefficient (Wildman–Crippen LogP) is 3.12. The summed E-state index contributed by atoms with van der Waals surface area (Å²) in [6, 6.07) is 8.00. The molecule has 0 amide bonds. The van der Waals surface area contributed by atoms with Crippen LogP contribution in [0.2, 0.25) is 5.02 Å². The van der Waals surface area contributed by atoms with E-state index in [-0.39, 0.29) is 5.56 Å². The minimum atomic E-state index is 0.162. The molecule has 0 aliphatic carbocycles. The topological polar surface area (TPSA) is 44.3 Å². The fourth-order valence-electron chi connectivity index (χ4n) is 3.49. The zero-order chi connectivity index (χ0) is 18.5. The first-order valence-electron chi connectivity index (χ1n) is 9.52. The molecule has 1 aromatic heterocycles. The highest BCUT2D eigenvalue weighted by atomic mass is 35.5. The molecular weight excluding hydrogens is 348 g/mol. The lowest BCUT2D eigenvalue weighted by atomic mass is 10.1. The monoisotopic (exact) mass is 376 g/mol. The van der Waals surface area contributed by atoms with Gasteiger partial charge in [-0.2, -0.15) is 0 Å². The molecule has 3 rings (SSSR count). The molecule has 1 aromatic carbocycles.